The molecule has 1 heterocycles. The lowest BCUT2D eigenvalue weighted by atomic mass is 10.2. The van der Waals surface area contributed by atoms with Crippen LogP contribution in [0.15, 0.2) is 41.2 Å². The number of aryl methyl sites for hydroxylation is 2. The summed E-state index contributed by atoms with van der Waals surface area (Å²) >= 11 is 0. The van der Waals surface area contributed by atoms with Crippen LogP contribution in [-0.2, 0) is 17.9 Å². The average Bonchev–Trinajstić information content (AvgIpc) is 2.49. The fourth-order valence-electron chi connectivity index (χ4n) is 2.28. The molecule has 2 rings (SSSR count). The van der Waals surface area contributed by atoms with Crippen LogP contribution >= 0.6 is 0 Å². The highest BCUT2D eigenvalue weighted by Gasteiger charge is 2.07. The van der Waals surface area contributed by atoms with E-state index in [0.717, 1.165) is 22.7 Å². The van der Waals surface area contributed by atoms with Gasteiger partial charge in [-0.05, 0) is 31.5 Å². The van der Waals surface area contributed by atoms with Crippen LogP contribution in [0, 0.1) is 13.8 Å². The molecule has 0 unspecified atom stereocenters. The lowest BCUT2D eigenvalue weighted by Gasteiger charge is -2.14. The molecule has 0 aliphatic rings. The first-order valence-corrected chi connectivity index (χ1v) is 7.07. The lowest BCUT2D eigenvalue weighted by Crippen LogP contribution is -2.29. The van der Waals surface area contributed by atoms with Gasteiger partial charge in [0.15, 0.2) is 5.43 Å². The minimum atomic E-state index is -0.0920. The summed E-state index contributed by atoms with van der Waals surface area (Å²) in [7, 11) is 1.62. The van der Waals surface area contributed by atoms with E-state index in [-0.39, 0.29) is 17.9 Å². The topological polar surface area (TPSA) is 60.3 Å². The number of hydrogen-bond acceptors (Lipinski definition) is 3. The Hall–Kier alpha value is -2.56. The molecular weight excluding hydrogens is 280 g/mol. The number of ether oxygens (including phenoxy) is 1. The third kappa shape index (κ3) is 3.97. The number of aromatic nitrogens is 1. The normalized spacial score (nSPS) is 10.3. The van der Waals surface area contributed by atoms with Crippen molar-refractivity contribution in [1.29, 1.82) is 0 Å². The fourth-order valence-corrected chi connectivity index (χ4v) is 2.28. The lowest BCUT2D eigenvalue weighted by molar-refractivity contribution is -0.121. The molecule has 5 nitrogen and oxygen atoms in total. The molecule has 22 heavy (non-hydrogen) atoms. The van der Waals surface area contributed by atoms with Gasteiger partial charge in [0.25, 0.3) is 0 Å². The highest BCUT2D eigenvalue weighted by atomic mass is 16.5. The van der Waals surface area contributed by atoms with Crippen LogP contribution in [0.25, 0.3) is 0 Å². The summed E-state index contributed by atoms with van der Waals surface area (Å²) in [6.07, 6.45) is 0. The summed E-state index contributed by atoms with van der Waals surface area (Å²) in [6, 6.07) is 10.6. The summed E-state index contributed by atoms with van der Waals surface area (Å²) in [5.74, 6) is 0.695. The molecule has 1 N–H and O–H groups in total. The zero-order valence-electron chi connectivity index (χ0n) is 13.1. The first kappa shape index (κ1) is 15.8. The van der Waals surface area contributed by atoms with Crippen molar-refractivity contribution in [3.8, 4) is 5.75 Å². The molecule has 0 spiro atoms. The number of benzene rings is 1. The van der Waals surface area contributed by atoms with Crippen LogP contribution in [0.3, 0.4) is 0 Å². The average molecular weight is 300 g/mol. The molecule has 0 bridgehead atoms. The SMILES string of the molecule is COc1ccc(CNC(=O)Cn2c(C)cc(=O)cc2C)cc1. The number of nitrogens with zero attached hydrogens (tertiary/aromatic N) is 1. The van der Waals surface area contributed by atoms with Crippen molar-refractivity contribution >= 4 is 5.91 Å². The van der Waals surface area contributed by atoms with E-state index in [1.54, 1.807) is 7.11 Å². The second-order valence-corrected chi connectivity index (χ2v) is 5.18. The van der Waals surface area contributed by atoms with Crippen molar-refractivity contribution in [3.63, 3.8) is 0 Å². The molecule has 0 saturated carbocycles. The van der Waals surface area contributed by atoms with Crippen LogP contribution < -0.4 is 15.5 Å². The Morgan fingerprint density at radius 3 is 2.27 bits per heavy atom. The zero-order valence-corrected chi connectivity index (χ0v) is 13.1. The quantitative estimate of drug-likeness (QED) is 0.916. The molecule has 0 aliphatic carbocycles. The number of nitrogens with one attached hydrogen (secondary N) is 1. The maximum atomic E-state index is 12.1. The van der Waals surface area contributed by atoms with Gasteiger partial charge in [0.1, 0.15) is 12.3 Å². The molecule has 1 aromatic heterocycles. The van der Waals surface area contributed by atoms with Crippen molar-refractivity contribution in [3.05, 3.63) is 63.6 Å². The van der Waals surface area contributed by atoms with Gasteiger partial charge in [-0.1, -0.05) is 12.1 Å². The largest absolute Gasteiger partial charge is 0.497 e. The molecule has 116 valence electrons. The smallest absolute Gasteiger partial charge is 0.240 e. The molecule has 5 heteroatoms. The maximum absolute atomic E-state index is 12.1. The van der Waals surface area contributed by atoms with Gasteiger partial charge in [-0.15, -0.1) is 0 Å². The molecule has 1 amide bonds. The van der Waals surface area contributed by atoms with Gasteiger partial charge in [-0.2, -0.15) is 0 Å². The summed E-state index contributed by atoms with van der Waals surface area (Å²) < 4.78 is 6.92. The standard InChI is InChI=1S/C17H20N2O3/c1-12-8-15(20)9-13(2)19(12)11-17(21)18-10-14-4-6-16(22-3)7-5-14/h4-9H,10-11H2,1-3H3,(H,18,21). The molecule has 0 saturated heterocycles. The second-order valence-electron chi connectivity index (χ2n) is 5.18. The van der Waals surface area contributed by atoms with Crippen molar-refractivity contribution in [2.24, 2.45) is 0 Å². The van der Waals surface area contributed by atoms with E-state index >= 15 is 0 Å². The van der Waals surface area contributed by atoms with Gasteiger partial charge in [0, 0.05) is 30.1 Å². The molecule has 0 aliphatic heterocycles. The van der Waals surface area contributed by atoms with Gasteiger partial charge in [-0.25, -0.2) is 0 Å². The number of carbonyl (C=O) groups excluding carboxylic acids is 1. The van der Waals surface area contributed by atoms with Crippen molar-refractivity contribution < 1.29 is 9.53 Å². The predicted molar refractivity (Wildman–Crippen MR) is 85.0 cm³/mol. The highest BCUT2D eigenvalue weighted by molar-refractivity contribution is 5.75. The van der Waals surface area contributed by atoms with Gasteiger partial charge >= 0.3 is 0 Å². The van der Waals surface area contributed by atoms with E-state index in [1.165, 1.54) is 12.1 Å². The minimum Gasteiger partial charge on any atom is -0.497 e. The molecule has 0 atom stereocenters. The number of amides is 1. The van der Waals surface area contributed by atoms with Gasteiger partial charge in [0.2, 0.25) is 5.91 Å². The summed E-state index contributed by atoms with van der Waals surface area (Å²) in [6.45, 7) is 4.31. The number of methoxy groups -OCH3 is 1. The summed E-state index contributed by atoms with van der Waals surface area (Å²) in [5, 5.41) is 2.88. The number of carbonyl (C=O) groups is 1. The van der Waals surface area contributed by atoms with E-state index in [4.69, 9.17) is 4.74 Å². The molecule has 0 radical (unpaired) electrons. The highest BCUT2D eigenvalue weighted by Crippen LogP contribution is 2.11. The number of hydrogen-bond donors (Lipinski definition) is 1. The van der Waals surface area contributed by atoms with Gasteiger partial charge in [0.05, 0.1) is 7.11 Å². The maximum Gasteiger partial charge on any atom is 0.240 e. The molecular formula is C17H20N2O3. The Labute approximate surface area is 129 Å². The Morgan fingerprint density at radius 2 is 1.73 bits per heavy atom. The predicted octanol–water partition coefficient (Wildman–Crippen LogP) is 1.79. The van der Waals surface area contributed by atoms with Gasteiger partial charge < -0.3 is 14.6 Å². The third-order valence-corrected chi connectivity index (χ3v) is 3.50. The Kier molecular flexibility index (Phi) is 4.99. The molecule has 2 aromatic rings. The van der Waals surface area contributed by atoms with Gasteiger partial charge in [-0.3, -0.25) is 9.59 Å². The molecule has 0 fully saturated rings. The third-order valence-electron chi connectivity index (χ3n) is 3.50. The van der Waals surface area contributed by atoms with Crippen molar-refractivity contribution in [1.82, 2.24) is 9.88 Å². The van der Waals surface area contributed by atoms with Crippen LogP contribution in [0.2, 0.25) is 0 Å². The first-order chi connectivity index (χ1) is 10.5. The molecule has 1 aromatic carbocycles. The summed E-state index contributed by atoms with van der Waals surface area (Å²) in [5.41, 5.74) is 2.53. The zero-order chi connectivity index (χ0) is 16.1. The van der Waals surface area contributed by atoms with Crippen molar-refractivity contribution in [2.75, 3.05) is 7.11 Å². The minimum absolute atomic E-state index is 0.0371. The fraction of sp³-hybridized carbons (Fsp3) is 0.294. The Morgan fingerprint density at radius 1 is 1.14 bits per heavy atom. The van der Waals surface area contributed by atoms with Crippen LogP contribution in [0.1, 0.15) is 17.0 Å². The van der Waals surface area contributed by atoms with E-state index in [9.17, 15) is 9.59 Å². The first-order valence-electron chi connectivity index (χ1n) is 7.07. The van der Waals surface area contributed by atoms with Crippen molar-refractivity contribution in [2.45, 2.75) is 26.9 Å². The van der Waals surface area contributed by atoms with Crippen LogP contribution in [0.4, 0.5) is 0 Å². The monoisotopic (exact) mass is 300 g/mol. The Bertz CT molecular complexity index is 691. The second kappa shape index (κ2) is 6.93. The summed E-state index contributed by atoms with van der Waals surface area (Å²) in [4.78, 5) is 23.5. The number of pyridine rings is 1. The van der Waals surface area contributed by atoms with E-state index < -0.39 is 0 Å². The number of rotatable bonds is 5. The van der Waals surface area contributed by atoms with E-state index in [2.05, 4.69) is 5.32 Å². The van der Waals surface area contributed by atoms with E-state index in [0.29, 0.717) is 6.54 Å². The Balaban J connectivity index is 1.97. The van der Waals surface area contributed by atoms with E-state index in [1.807, 2.05) is 42.7 Å². The van der Waals surface area contributed by atoms with Crippen LogP contribution in [0.5, 0.6) is 5.75 Å². The van der Waals surface area contributed by atoms with Crippen LogP contribution in [-0.4, -0.2) is 17.6 Å².